The molecule has 0 atom stereocenters. The third kappa shape index (κ3) is 2.68. The molecule has 0 unspecified atom stereocenters. The van der Waals surface area contributed by atoms with Gasteiger partial charge in [0.25, 0.3) is 5.91 Å². The summed E-state index contributed by atoms with van der Waals surface area (Å²) in [7, 11) is 1.65. The molecule has 0 aliphatic heterocycles. The van der Waals surface area contributed by atoms with Crippen LogP contribution in [0.4, 0.5) is 10.1 Å². The van der Waals surface area contributed by atoms with Gasteiger partial charge < -0.3 is 10.6 Å². The quantitative estimate of drug-likeness (QED) is 0.774. The molecule has 0 saturated carbocycles. The number of rotatable bonds is 3. The number of hydrogen-bond acceptors (Lipinski definition) is 2. The van der Waals surface area contributed by atoms with Crippen LogP contribution in [0.2, 0.25) is 0 Å². The van der Waals surface area contributed by atoms with Crippen molar-refractivity contribution in [2.75, 3.05) is 19.3 Å². The number of nitrogens with zero attached hydrogens (tertiary/aromatic N) is 1. The third-order valence-corrected chi connectivity index (χ3v) is 2.13. The van der Waals surface area contributed by atoms with Gasteiger partial charge in [-0.3, -0.25) is 4.79 Å². The molecular formula is C11H15FN2O. The second-order valence-electron chi connectivity index (χ2n) is 3.47. The minimum Gasteiger partial charge on any atom is -0.399 e. The zero-order valence-electron chi connectivity index (χ0n) is 8.96. The number of anilines is 1. The van der Waals surface area contributed by atoms with Gasteiger partial charge in [-0.15, -0.1) is 0 Å². The van der Waals surface area contributed by atoms with Gasteiger partial charge in [-0.1, -0.05) is 6.92 Å². The fourth-order valence-electron chi connectivity index (χ4n) is 1.35. The molecule has 0 radical (unpaired) electrons. The van der Waals surface area contributed by atoms with Crippen LogP contribution in [0, 0.1) is 5.82 Å². The van der Waals surface area contributed by atoms with Crippen LogP contribution in [0.15, 0.2) is 18.2 Å². The molecule has 4 heteroatoms. The Morgan fingerprint density at radius 2 is 2.20 bits per heavy atom. The first kappa shape index (κ1) is 11.5. The summed E-state index contributed by atoms with van der Waals surface area (Å²) in [5.74, 6) is -0.877. The molecule has 1 rings (SSSR count). The van der Waals surface area contributed by atoms with Gasteiger partial charge in [0.2, 0.25) is 0 Å². The number of nitrogen functional groups attached to an aromatic ring is 1. The van der Waals surface area contributed by atoms with E-state index in [4.69, 9.17) is 5.73 Å². The number of hydrogen-bond donors (Lipinski definition) is 1. The molecule has 0 aromatic heterocycles. The number of carbonyl (C=O) groups excluding carboxylic acids is 1. The summed E-state index contributed by atoms with van der Waals surface area (Å²) in [6.07, 6.45) is 0.846. The van der Waals surface area contributed by atoms with E-state index in [2.05, 4.69) is 0 Å². The van der Waals surface area contributed by atoms with Gasteiger partial charge in [-0.2, -0.15) is 0 Å². The molecular weight excluding hydrogens is 195 g/mol. The maximum atomic E-state index is 13.4. The van der Waals surface area contributed by atoms with Crippen LogP contribution in [-0.2, 0) is 0 Å². The highest BCUT2D eigenvalue weighted by Crippen LogP contribution is 2.13. The van der Waals surface area contributed by atoms with E-state index in [1.165, 1.54) is 17.0 Å². The summed E-state index contributed by atoms with van der Waals surface area (Å²) in [4.78, 5) is 13.2. The largest absolute Gasteiger partial charge is 0.399 e. The number of nitrogens with two attached hydrogens (primary N) is 1. The Bertz CT molecular complexity index is 366. The molecule has 1 amide bonds. The monoisotopic (exact) mass is 210 g/mol. The summed E-state index contributed by atoms with van der Waals surface area (Å²) in [5, 5.41) is 0. The lowest BCUT2D eigenvalue weighted by atomic mass is 10.1. The first-order chi connectivity index (χ1) is 7.06. The standard InChI is InChI=1S/C11H15FN2O/c1-3-6-14(2)11(15)9-5-4-8(13)7-10(9)12/h4-5,7H,3,6,13H2,1-2H3. The van der Waals surface area contributed by atoms with Crippen molar-refractivity contribution in [3.05, 3.63) is 29.6 Å². The Labute approximate surface area is 88.7 Å². The molecule has 0 aliphatic rings. The van der Waals surface area contributed by atoms with E-state index >= 15 is 0 Å². The van der Waals surface area contributed by atoms with Crippen molar-refractivity contribution < 1.29 is 9.18 Å². The molecule has 0 bridgehead atoms. The van der Waals surface area contributed by atoms with E-state index in [1.54, 1.807) is 7.05 Å². The van der Waals surface area contributed by atoms with Crippen molar-refractivity contribution in [1.29, 1.82) is 0 Å². The van der Waals surface area contributed by atoms with Gasteiger partial charge in [0.05, 0.1) is 5.56 Å². The summed E-state index contributed by atoms with van der Waals surface area (Å²) in [6.45, 7) is 2.58. The average molecular weight is 210 g/mol. The van der Waals surface area contributed by atoms with Gasteiger partial charge in [0, 0.05) is 19.3 Å². The maximum Gasteiger partial charge on any atom is 0.256 e. The van der Waals surface area contributed by atoms with Crippen LogP contribution >= 0.6 is 0 Å². The summed E-state index contributed by atoms with van der Waals surface area (Å²) < 4.78 is 13.4. The lowest BCUT2D eigenvalue weighted by molar-refractivity contribution is 0.0790. The highest BCUT2D eigenvalue weighted by molar-refractivity contribution is 5.94. The number of halogens is 1. The normalized spacial score (nSPS) is 10.1. The minimum atomic E-state index is -0.567. The van der Waals surface area contributed by atoms with Gasteiger partial charge in [-0.25, -0.2) is 4.39 Å². The lowest BCUT2D eigenvalue weighted by Gasteiger charge is -2.16. The molecule has 2 N–H and O–H groups in total. The van der Waals surface area contributed by atoms with Crippen LogP contribution in [0.5, 0.6) is 0 Å². The minimum absolute atomic E-state index is 0.0696. The highest BCUT2D eigenvalue weighted by atomic mass is 19.1. The average Bonchev–Trinajstić information content (AvgIpc) is 2.17. The maximum absolute atomic E-state index is 13.4. The fraction of sp³-hybridized carbons (Fsp3) is 0.364. The second-order valence-corrected chi connectivity index (χ2v) is 3.47. The van der Waals surface area contributed by atoms with E-state index in [0.29, 0.717) is 12.2 Å². The zero-order valence-corrected chi connectivity index (χ0v) is 8.96. The smallest absolute Gasteiger partial charge is 0.256 e. The van der Waals surface area contributed by atoms with Gasteiger partial charge in [0.1, 0.15) is 5.82 Å². The molecule has 0 spiro atoms. The Balaban J connectivity index is 2.91. The summed E-state index contributed by atoms with van der Waals surface area (Å²) >= 11 is 0. The Morgan fingerprint density at radius 3 is 2.73 bits per heavy atom. The van der Waals surface area contributed by atoms with Crippen molar-refractivity contribution in [2.24, 2.45) is 0 Å². The first-order valence-electron chi connectivity index (χ1n) is 4.86. The predicted octanol–water partition coefficient (Wildman–Crippen LogP) is 1.89. The molecule has 1 aromatic rings. The van der Waals surface area contributed by atoms with Crippen molar-refractivity contribution in [3.63, 3.8) is 0 Å². The molecule has 0 fully saturated rings. The molecule has 0 aliphatic carbocycles. The number of benzene rings is 1. The molecule has 82 valence electrons. The van der Waals surface area contributed by atoms with E-state index < -0.39 is 5.82 Å². The molecule has 0 saturated heterocycles. The van der Waals surface area contributed by atoms with Crippen molar-refractivity contribution in [1.82, 2.24) is 4.90 Å². The fourth-order valence-corrected chi connectivity index (χ4v) is 1.35. The zero-order chi connectivity index (χ0) is 11.4. The van der Waals surface area contributed by atoms with Crippen molar-refractivity contribution in [2.45, 2.75) is 13.3 Å². The van der Waals surface area contributed by atoms with Gasteiger partial charge >= 0.3 is 0 Å². The first-order valence-corrected chi connectivity index (χ1v) is 4.86. The molecule has 1 aromatic carbocycles. The van der Waals surface area contributed by atoms with E-state index in [0.717, 1.165) is 12.5 Å². The second kappa shape index (κ2) is 4.77. The van der Waals surface area contributed by atoms with E-state index in [9.17, 15) is 9.18 Å². The lowest BCUT2D eigenvalue weighted by Crippen LogP contribution is -2.28. The van der Waals surface area contributed by atoms with Crippen LogP contribution in [0.25, 0.3) is 0 Å². The predicted molar refractivity (Wildman–Crippen MR) is 58.1 cm³/mol. The van der Waals surface area contributed by atoms with Crippen LogP contribution in [0.3, 0.4) is 0 Å². The Hall–Kier alpha value is -1.58. The van der Waals surface area contributed by atoms with E-state index in [1.807, 2.05) is 6.92 Å². The van der Waals surface area contributed by atoms with Crippen molar-refractivity contribution in [3.8, 4) is 0 Å². The summed E-state index contributed by atoms with van der Waals surface area (Å²) in [5.41, 5.74) is 5.79. The van der Waals surface area contributed by atoms with Crippen LogP contribution in [0.1, 0.15) is 23.7 Å². The van der Waals surface area contributed by atoms with Gasteiger partial charge in [-0.05, 0) is 24.6 Å². The van der Waals surface area contributed by atoms with Crippen LogP contribution in [-0.4, -0.2) is 24.4 Å². The molecule has 15 heavy (non-hydrogen) atoms. The number of carbonyl (C=O) groups is 1. The number of amides is 1. The molecule has 3 nitrogen and oxygen atoms in total. The van der Waals surface area contributed by atoms with Crippen LogP contribution < -0.4 is 5.73 Å². The summed E-state index contributed by atoms with van der Waals surface area (Å²) in [6, 6.07) is 4.10. The Morgan fingerprint density at radius 1 is 1.53 bits per heavy atom. The third-order valence-electron chi connectivity index (χ3n) is 2.13. The van der Waals surface area contributed by atoms with Crippen molar-refractivity contribution >= 4 is 11.6 Å². The molecule has 0 heterocycles. The Kier molecular flexibility index (Phi) is 3.66. The van der Waals surface area contributed by atoms with Gasteiger partial charge in [0.15, 0.2) is 0 Å². The topological polar surface area (TPSA) is 46.3 Å². The highest BCUT2D eigenvalue weighted by Gasteiger charge is 2.15. The SMILES string of the molecule is CCCN(C)C(=O)c1ccc(N)cc1F. The van der Waals surface area contributed by atoms with E-state index in [-0.39, 0.29) is 11.5 Å².